The fraction of sp³-hybridized carbons (Fsp3) is 0.700. The molecule has 0 aromatic rings. The Morgan fingerprint density at radius 1 is 0.912 bits per heavy atom. The standard InChI is InChI=1S/C20H35N5O8S/c1-4-10(2)16(25-17(29)11(21)9-14(22)26)19(31)23-12(7-8-34-3)18(30)24-13(20(32)33)5-6-15(27)28/h10-13,16H,4-9,21H2,1-3H3,(H2,22,26)(H,23,31)(H,24,30)(H,25,29)(H,27,28)(H,32,33). The van der Waals surface area contributed by atoms with E-state index in [0.29, 0.717) is 12.2 Å². The third kappa shape index (κ3) is 11.8. The molecule has 5 unspecified atom stereocenters. The molecule has 4 amide bonds. The Balaban J connectivity index is 5.52. The van der Waals surface area contributed by atoms with Crippen molar-refractivity contribution < 1.29 is 39.0 Å². The van der Waals surface area contributed by atoms with Crippen LogP contribution in [0.15, 0.2) is 0 Å². The van der Waals surface area contributed by atoms with Crippen molar-refractivity contribution >= 4 is 47.3 Å². The van der Waals surface area contributed by atoms with Crippen molar-refractivity contribution in [3.63, 3.8) is 0 Å². The van der Waals surface area contributed by atoms with E-state index in [-0.39, 0.29) is 18.8 Å². The van der Waals surface area contributed by atoms with Crippen LogP contribution in [0.5, 0.6) is 0 Å². The second kappa shape index (κ2) is 15.9. The Morgan fingerprint density at radius 3 is 1.97 bits per heavy atom. The molecule has 0 aliphatic heterocycles. The molecule has 13 nitrogen and oxygen atoms in total. The van der Waals surface area contributed by atoms with Gasteiger partial charge < -0.3 is 37.6 Å². The molecule has 194 valence electrons. The van der Waals surface area contributed by atoms with Crippen molar-refractivity contribution in [1.82, 2.24) is 16.0 Å². The number of carbonyl (C=O) groups is 6. The van der Waals surface area contributed by atoms with E-state index in [0.717, 1.165) is 0 Å². The predicted octanol–water partition coefficient (Wildman–Crippen LogP) is -1.61. The summed E-state index contributed by atoms with van der Waals surface area (Å²) in [5.41, 5.74) is 10.7. The van der Waals surface area contributed by atoms with E-state index in [1.165, 1.54) is 11.8 Å². The van der Waals surface area contributed by atoms with Gasteiger partial charge in [-0.1, -0.05) is 20.3 Å². The van der Waals surface area contributed by atoms with Crippen LogP contribution in [0.1, 0.15) is 46.0 Å². The van der Waals surface area contributed by atoms with E-state index in [1.54, 1.807) is 20.1 Å². The van der Waals surface area contributed by atoms with Crippen molar-refractivity contribution in [2.24, 2.45) is 17.4 Å². The van der Waals surface area contributed by atoms with Crippen molar-refractivity contribution in [3.05, 3.63) is 0 Å². The Kier molecular flexibility index (Phi) is 14.5. The Bertz CT molecular complexity index is 750. The molecule has 0 aromatic carbocycles. The number of carboxylic acid groups (broad SMARTS) is 2. The van der Waals surface area contributed by atoms with Gasteiger partial charge in [-0.05, 0) is 30.8 Å². The Hall–Kier alpha value is -2.87. The summed E-state index contributed by atoms with van der Waals surface area (Å²) in [6, 6.07) is -4.91. The van der Waals surface area contributed by atoms with Crippen LogP contribution in [0.25, 0.3) is 0 Å². The number of hydrogen-bond acceptors (Lipinski definition) is 8. The first-order chi connectivity index (χ1) is 15.8. The zero-order valence-electron chi connectivity index (χ0n) is 19.5. The second-order valence-electron chi connectivity index (χ2n) is 7.82. The first-order valence-corrected chi connectivity index (χ1v) is 12.1. The molecule has 0 fully saturated rings. The molecule has 0 radical (unpaired) electrons. The highest BCUT2D eigenvalue weighted by molar-refractivity contribution is 7.98. The third-order valence-corrected chi connectivity index (χ3v) is 5.70. The highest BCUT2D eigenvalue weighted by Crippen LogP contribution is 2.11. The predicted molar refractivity (Wildman–Crippen MR) is 125 cm³/mol. The highest BCUT2D eigenvalue weighted by Gasteiger charge is 2.32. The zero-order chi connectivity index (χ0) is 26.4. The minimum atomic E-state index is -1.45. The van der Waals surface area contributed by atoms with Gasteiger partial charge in [0.2, 0.25) is 23.6 Å². The van der Waals surface area contributed by atoms with Gasteiger partial charge in [0, 0.05) is 6.42 Å². The fourth-order valence-corrected chi connectivity index (χ4v) is 3.31. The lowest BCUT2D eigenvalue weighted by atomic mass is 9.97. The molecule has 0 aliphatic rings. The quantitative estimate of drug-likeness (QED) is 0.119. The Labute approximate surface area is 202 Å². The second-order valence-corrected chi connectivity index (χ2v) is 8.81. The SMILES string of the molecule is CCC(C)C(NC(=O)C(N)CC(N)=O)C(=O)NC(CCSC)C(=O)NC(CCC(=O)O)C(=O)O. The molecule has 34 heavy (non-hydrogen) atoms. The van der Waals surface area contributed by atoms with Crippen LogP contribution in [-0.4, -0.2) is 82.0 Å². The summed E-state index contributed by atoms with van der Waals surface area (Å²) in [7, 11) is 0. The Morgan fingerprint density at radius 2 is 1.50 bits per heavy atom. The number of thioether (sulfide) groups is 1. The van der Waals surface area contributed by atoms with Crippen LogP contribution in [0.3, 0.4) is 0 Å². The molecule has 0 aromatic heterocycles. The van der Waals surface area contributed by atoms with Gasteiger partial charge in [0.1, 0.15) is 18.1 Å². The number of primary amides is 1. The minimum absolute atomic E-state index is 0.159. The fourth-order valence-electron chi connectivity index (χ4n) is 2.84. The molecule has 0 aliphatic carbocycles. The van der Waals surface area contributed by atoms with Crippen molar-refractivity contribution in [2.75, 3.05) is 12.0 Å². The molecular weight excluding hydrogens is 470 g/mol. The number of carbonyl (C=O) groups excluding carboxylic acids is 4. The molecule has 0 bridgehead atoms. The van der Waals surface area contributed by atoms with Gasteiger partial charge in [-0.15, -0.1) is 0 Å². The van der Waals surface area contributed by atoms with Crippen LogP contribution in [0, 0.1) is 5.92 Å². The summed E-state index contributed by atoms with van der Waals surface area (Å²) in [6.07, 6.45) is 1.22. The van der Waals surface area contributed by atoms with Gasteiger partial charge >= 0.3 is 11.9 Å². The number of aliphatic carboxylic acids is 2. The van der Waals surface area contributed by atoms with E-state index in [2.05, 4.69) is 16.0 Å². The van der Waals surface area contributed by atoms with Crippen molar-refractivity contribution in [1.29, 1.82) is 0 Å². The largest absolute Gasteiger partial charge is 0.481 e. The van der Waals surface area contributed by atoms with Gasteiger partial charge in [-0.3, -0.25) is 24.0 Å². The lowest BCUT2D eigenvalue weighted by molar-refractivity contribution is -0.143. The van der Waals surface area contributed by atoms with E-state index < -0.39 is 72.6 Å². The van der Waals surface area contributed by atoms with Gasteiger partial charge in [0.25, 0.3) is 0 Å². The van der Waals surface area contributed by atoms with Crippen LogP contribution in [0.4, 0.5) is 0 Å². The first-order valence-electron chi connectivity index (χ1n) is 10.7. The van der Waals surface area contributed by atoms with Crippen LogP contribution in [-0.2, 0) is 28.8 Å². The van der Waals surface area contributed by atoms with E-state index >= 15 is 0 Å². The molecule has 0 heterocycles. The lowest BCUT2D eigenvalue weighted by Crippen LogP contribution is -2.59. The lowest BCUT2D eigenvalue weighted by Gasteiger charge is -2.27. The topological polar surface area (TPSA) is 231 Å². The number of amides is 4. The van der Waals surface area contributed by atoms with E-state index in [4.69, 9.17) is 16.6 Å². The molecule has 9 N–H and O–H groups in total. The molecule has 5 atom stereocenters. The van der Waals surface area contributed by atoms with Gasteiger partial charge in [0.15, 0.2) is 0 Å². The van der Waals surface area contributed by atoms with E-state index in [9.17, 15) is 33.9 Å². The summed E-state index contributed by atoms with van der Waals surface area (Å²) in [5, 5.41) is 25.4. The van der Waals surface area contributed by atoms with Gasteiger partial charge in [-0.2, -0.15) is 11.8 Å². The van der Waals surface area contributed by atoms with E-state index in [1.807, 2.05) is 0 Å². The number of nitrogens with one attached hydrogen (secondary N) is 3. The summed E-state index contributed by atoms with van der Waals surface area (Å²) in [5.74, 6) is -5.55. The summed E-state index contributed by atoms with van der Waals surface area (Å²) in [4.78, 5) is 71.3. The first kappa shape index (κ1) is 31.1. The highest BCUT2D eigenvalue weighted by atomic mass is 32.2. The zero-order valence-corrected chi connectivity index (χ0v) is 20.4. The molecule has 0 saturated carbocycles. The molecular formula is C20H35N5O8S. The van der Waals surface area contributed by atoms with Crippen LogP contribution in [0.2, 0.25) is 0 Å². The van der Waals surface area contributed by atoms with Crippen LogP contribution >= 0.6 is 11.8 Å². The molecule has 0 saturated heterocycles. The minimum Gasteiger partial charge on any atom is -0.481 e. The summed E-state index contributed by atoms with van der Waals surface area (Å²) >= 11 is 1.40. The number of carboxylic acids is 2. The van der Waals surface area contributed by atoms with Gasteiger partial charge in [-0.25, -0.2) is 4.79 Å². The maximum atomic E-state index is 13.0. The summed E-state index contributed by atoms with van der Waals surface area (Å²) < 4.78 is 0. The van der Waals surface area contributed by atoms with Crippen molar-refractivity contribution in [2.45, 2.75) is 70.1 Å². The average Bonchev–Trinajstić information content (AvgIpc) is 2.75. The van der Waals surface area contributed by atoms with Gasteiger partial charge in [0.05, 0.1) is 12.5 Å². The maximum Gasteiger partial charge on any atom is 0.326 e. The molecule has 0 spiro atoms. The number of rotatable bonds is 17. The molecule has 0 rings (SSSR count). The monoisotopic (exact) mass is 505 g/mol. The maximum absolute atomic E-state index is 13.0. The van der Waals surface area contributed by atoms with Crippen LogP contribution < -0.4 is 27.4 Å². The van der Waals surface area contributed by atoms with Crippen molar-refractivity contribution in [3.8, 4) is 0 Å². The summed E-state index contributed by atoms with van der Waals surface area (Å²) in [6.45, 7) is 3.49. The third-order valence-electron chi connectivity index (χ3n) is 5.06. The number of hydrogen-bond donors (Lipinski definition) is 7. The smallest absolute Gasteiger partial charge is 0.326 e. The normalized spacial score (nSPS) is 15.2. The average molecular weight is 506 g/mol. The molecule has 14 heteroatoms. The number of nitrogens with two attached hydrogens (primary N) is 2.